The SMILES string of the molecule is CCN1/C(=C/C=C/C(=O)c2ccccc2)C=Cc2ccccc21. The second-order valence-corrected chi connectivity index (χ2v) is 5.32. The first-order valence-corrected chi connectivity index (χ1v) is 7.82. The van der Waals surface area contributed by atoms with E-state index in [4.69, 9.17) is 0 Å². The smallest absolute Gasteiger partial charge is 0.185 e. The first kappa shape index (κ1) is 15.0. The maximum Gasteiger partial charge on any atom is 0.185 e. The number of anilines is 1. The van der Waals surface area contributed by atoms with E-state index >= 15 is 0 Å². The third-order valence-corrected chi connectivity index (χ3v) is 3.86. The van der Waals surface area contributed by atoms with Crippen LogP contribution in [-0.2, 0) is 0 Å². The molecule has 0 aliphatic carbocycles. The van der Waals surface area contributed by atoms with Gasteiger partial charge in [-0.3, -0.25) is 4.79 Å². The quantitative estimate of drug-likeness (QED) is 0.593. The number of carbonyl (C=O) groups is 1. The largest absolute Gasteiger partial charge is 0.341 e. The van der Waals surface area contributed by atoms with Crippen LogP contribution in [0.2, 0.25) is 0 Å². The average molecular weight is 301 g/mol. The van der Waals surface area contributed by atoms with Gasteiger partial charge in [0.2, 0.25) is 0 Å². The maximum atomic E-state index is 12.1. The zero-order valence-corrected chi connectivity index (χ0v) is 13.1. The maximum absolute atomic E-state index is 12.1. The molecule has 1 aliphatic rings. The Morgan fingerprint density at radius 1 is 1.00 bits per heavy atom. The lowest BCUT2D eigenvalue weighted by molar-refractivity contribution is 0.104. The molecule has 0 fully saturated rings. The second-order valence-electron chi connectivity index (χ2n) is 5.32. The van der Waals surface area contributed by atoms with Crippen molar-refractivity contribution in [3.05, 3.63) is 95.7 Å². The van der Waals surface area contributed by atoms with E-state index in [1.807, 2.05) is 54.6 Å². The van der Waals surface area contributed by atoms with Crippen molar-refractivity contribution < 1.29 is 4.79 Å². The lowest BCUT2D eigenvalue weighted by atomic mass is 10.1. The minimum absolute atomic E-state index is 0.0192. The normalized spacial score (nSPS) is 15.2. The number of allylic oxidation sites excluding steroid dienone is 4. The van der Waals surface area contributed by atoms with Gasteiger partial charge in [-0.15, -0.1) is 0 Å². The highest BCUT2D eigenvalue weighted by Crippen LogP contribution is 2.30. The Morgan fingerprint density at radius 2 is 1.74 bits per heavy atom. The second kappa shape index (κ2) is 6.93. The molecule has 3 rings (SSSR count). The fourth-order valence-corrected chi connectivity index (χ4v) is 2.71. The number of fused-ring (bicyclic) bond motifs is 1. The summed E-state index contributed by atoms with van der Waals surface area (Å²) in [5, 5.41) is 0. The predicted octanol–water partition coefficient (Wildman–Crippen LogP) is 4.86. The van der Waals surface area contributed by atoms with Crippen LogP contribution in [0.5, 0.6) is 0 Å². The number of ketones is 1. The van der Waals surface area contributed by atoms with Crippen molar-refractivity contribution in [2.75, 3.05) is 11.4 Å². The molecule has 2 aromatic rings. The van der Waals surface area contributed by atoms with Crippen molar-refractivity contribution in [2.45, 2.75) is 6.92 Å². The molecule has 0 spiro atoms. The third kappa shape index (κ3) is 3.32. The van der Waals surface area contributed by atoms with E-state index in [2.05, 4.69) is 36.1 Å². The molecule has 2 nitrogen and oxygen atoms in total. The monoisotopic (exact) mass is 301 g/mol. The molecule has 2 heteroatoms. The highest BCUT2D eigenvalue weighted by Gasteiger charge is 2.14. The van der Waals surface area contributed by atoms with Gasteiger partial charge in [0.25, 0.3) is 0 Å². The van der Waals surface area contributed by atoms with E-state index in [-0.39, 0.29) is 5.78 Å². The van der Waals surface area contributed by atoms with Gasteiger partial charge in [-0.2, -0.15) is 0 Å². The number of hydrogen-bond acceptors (Lipinski definition) is 2. The minimum atomic E-state index is 0.0192. The van der Waals surface area contributed by atoms with Gasteiger partial charge in [-0.05, 0) is 36.8 Å². The number of nitrogens with zero attached hydrogens (tertiary/aromatic N) is 1. The molecular weight excluding hydrogens is 282 g/mol. The number of likely N-dealkylation sites (N-methyl/N-ethyl adjacent to an activating group) is 1. The van der Waals surface area contributed by atoms with Crippen LogP contribution < -0.4 is 4.90 Å². The van der Waals surface area contributed by atoms with Gasteiger partial charge in [-0.1, -0.05) is 60.7 Å². The van der Waals surface area contributed by atoms with Gasteiger partial charge in [-0.25, -0.2) is 0 Å². The molecule has 0 radical (unpaired) electrons. The van der Waals surface area contributed by atoms with Crippen molar-refractivity contribution in [1.29, 1.82) is 0 Å². The van der Waals surface area contributed by atoms with Crippen LogP contribution in [-0.4, -0.2) is 12.3 Å². The van der Waals surface area contributed by atoms with Gasteiger partial charge in [0.1, 0.15) is 0 Å². The molecule has 0 saturated carbocycles. The summed E-state index contributed by atoms with van der Waals surface area (Å²) in [6.45, 7) is 3.01. The molecule has 1 heterocycles. The van der Waals surface area contributed by atoms with Crippen LogP contribution in [0.3, 0.4) is 0 Å². The molecule has 0 N–H and O–H groups in total. The third-order valence-electron chi connectivity index (χ3n) is 3.86. The Balaban J connectivity index is 1.81. The lowest BCUT2D eigenvalue weighted by Gasteiger charge is -2.29. The first-order valence-electron chi connectivity index (χ1n) is 7.82. The van der Waals surface area contributed by atoms with Gasteiger partial charge in [0, 0.05) is 23.5 Å². The van der Waals surface area contributed by atoms with E-state index < -0.39 is 0 Å². The summed E-state index contributed by atoms with van der Waals surface area (Å²) < 4.78 is 0. The molecule has 0 amide bonds. The molecule has 0 bridgehead atoms. The van der Waals surface area contributed by atoms with Gasteiger partial charge in [0.15, 0.2) is 5.78 Å². The average Bonchev–Trinajstić information content (AvgIpc) is 2.62. The van der Waals surface area contributed by atoms with Crippen molar-refractivity contribution in [2.24, 2.45) is 0 Å². The zero-order valence-electron chi connectivity index (χ0n) is 13.1. The van der Waals surface area contributed by atoms with Crippen LogP contribution in [0.25, 0.3) is 6.08 Å². The van der Waals surface area contributed by atoms with Gasteiger partial charge in [0.05, 0.1) is 0 Å². The molecule has 23 heavy (non-hydrogen) atoms. The Morgan fingerprint density at radius 3 is 2.52 bits per heavy atom. The van der Waals surface area contributed by atoms with E-state index in [0.29, 0.717) is 5.56 Å². The number of rotatable bonds is 4. The highest BCUT2D eigenvalue weighted by atomic mass is 16.1. The Labute approximate surface area is 137 Å². The number of para-hydroxylation sites is 1. The predicted molar refractivity (Wildman–Crippen MR) is 96.5 cm³/mol. The summed E-state index contributed by atoms with van der Waals surface area (Å²) in [4.78, 5) is 14.3. The Hall–Kier alpha value is -2.87. The summed E-state index contributed by atoms with van der Waals surface area (Å²) in [7, 11) is 0. The molecule has 0 saturated heterocycles. The molecule has 0 atom stereocenters. The lowest BCUT2D eigenvalue weighted by Crippen LogP contribution is -2.23. The van der Waals surface area contributed by atoms with Crippen LogP contribution in [0.4, 0.5) is 5.69 Å². The zero-order chi connectivity index (χ0) is 16.1. The summed E-state index contributed by atoms with van der Waals surface area (Å²) in [5.74, 6) is 0.0192. The van der Waals surface area contributed by atoms with E-state index in [0.717, 1.165) is 12.2 Å². The van der Waals surface area contributed by atoms with Crippen LogP contribution in [0.1, 0.15) is 22.8 Å². The van der Waals surface area contributed by atoms with Crippen LogP contribution >= 0.6 is 0 Å². The standard InChI is InChI=1S/C21H19NO/c1-2-22-19(16-15-17-9-6-7-13-20(17)22)12-8-14-21(23)18-10-4-3-5-11-18/h3-16H,2H2,1H3/b14-8+,19-12+. The van der Waals surface area contributed by atoms with E-state index in [9.17, 15) is 4.79 Å². The van der Waals surface area contributed by atoms with Crippen molar-refractivity contribution in [3.8, 4) is 0 Å². The van der Waals surface area contributed by atoms with Gasteiger partial charge >= 0.3 is 0 Å². The van der Waals surface area contributed by atoms with Crippen LogP contribution in [0, 0.1) is 0 Å². The highest BCUT2D eigenvalue weighted by molar-refractivity contribution is 6.04. The molecule has 1 aliphatic heterocycles. The number of hydrogen-bond donors (Lipinski definition) is 0. The van der Waals surface area contributed by atoms with Crippen molar-refractivity contribution >= 4 is 17.5 Å². The molecule has 2 aromatic carbocycles. The van der Waals surface area contributed by atoms with E-state index in [1.54, 1.807) is 6.08 Å². The topological polar surface area (TPSA) is 20.3 Å². The summed E-state index contributed by atoms with van der Waals surface area (Å²) in [5.41, 5.74) is 4.21. The fraction of sp³-hybridized carbons (Fsp3) is 0.0952. The summed E-state index contributed by atoms with van der Waals surface area (Å²) >= 11 is 0. The van der Waals surface area contributed by atoms with Crippen molar-refractivity contribution in [1.82, 2.24) is 0 Å². The van der Waals surface area contributed by atoms with E-state index in [1.165, 1.54) is 11.3 Å². The van der Waals surface area contributed by atoms with Crippen molar-refractivity contribution in [3.63, 3.8) is 0 Å². The van der Waals surface area contributed by atoms with Gasteiger partial charge < -0.3 is 4.90 Å². The fourth-order valence-electron chi connectivity index (χ4n) is 2.71. The molecule has 114 valence electrons. The van der Waals surface area contributed by atoms with Crippen LogP contribution in [0.15, 0.2) is 84.6 Å². The molecule has 0 aromatic heterocycles. The molecular formula is C21H19NO. The Bertz CT molecular complexity index is 784. The first-order chi connectivity index (χ1) is 11.3. The summed E-state index contributed by atoms with van der Waals surface area (Å²) in [6.07, 6.45) is 9.62. The minimum Gasteiger partial charge on any atom is -0.341 e. The molecule has 0 unspecified atom stereocenters. The Kier molecular flexibility index (Phi) is 4.53. The number of carbonyl (C=O) groups excluding carboxylic acids is 1. The number of benzene rings is 2. The summed E-state index contributed by atoms with van der Waals surface area (Å²) in [6, 6.07) is 17.6.